The number of morpholine rings is 1. The van der Waals surface area contributed by atoms with E-state index in [9.17, 15) is 4.79 Å². The molecule has 1 aliphatic rings. The van der Waals surface area contributed by atoms with Crippen LogP contribution in [0.2, 0.25) is 0 Å². The van der Waals surface area contributed by atoms with Crippen LogP contribution in [-0.2, 0) is 16.1 Å². The number of hydrogen-bond donors (Lipinski definition) is 1. The molecule has 7 nitrogen and oxygen atoms in total. The SMILES string of the molecule is Cc1nc(COc2ccccc2/C=C/C(=O)Nc2cccnc2N2CCOCC2)cs1. The number of rotatable bonds is 7. The number of aromatic nitrogens is 2. The molecule has 3 aromatic rings. The Hall–Kier alpha value is -3.23. The van der Waals surface area contributed by atoms with Crippen molar-refractivity contribution in [2.24, 2.45) is 0 Å². The largest absolute Gasteiger partial charge is 0.487 e. The molecular weight excluding hydrogens is 412 g/mol. The monoisotopic (exact) mass is 436 g/mol. The molecule has 8 heteroatoms. The number of thiazole rings is 1. The van der Waals surface area contributed by atoms with Crippen molar-refractivity contribution < 1.29 is 14.3 Å². The summed E-state index contributed by atoms with van der Waals surface area (Å²) < 4.78 is 11.3. The fraction of sp³-hybridized carbons (Fsp3) is 0.261. The summed E-state index contributed by atoms with van der Waals surface area (Å²) in [7, 11) is 0. The number of carbonyl (C=O) groups excluding carboxylic acids is 1. The van der Waals surface area contributed by atoms with Gasteiger partial charge in [0.05, 0.1) is 29.6 Å². The molecule has 1 aromatic carbocycles. The molecular formula is C23H24N4O3S. The molecule has 3 heterocycles. The Balaban J connectivity index is 1.42. The molecule has 1 N–H and O–H groups in total. The summed E-state index contributed by atoms with van der Waals surface area (Å²) in [6.07, 6.45) is 4.99. The van der Waals surface area contributed by atoms with E-state index in [1.807, 2.05) is 48.7 Å². The summed E-state index contributed by atoms with van der Waals surface area (Å²) in [5, 5.41) is 5.93. The number of benzene rings is 1. The minimum atomic E-state index is -0.229. The van der Waals surface area contributed by atoms with Crippen LogP contribution < -0.4 is 15.0 Å². The minimum absolute atomic E-state index is 0.229. The van der Waals surface area contributed by atoms with Gasteiger partial charge in [0, 0.05) is 36.3 Å². The predicted molar refractivity (Wildman–Crippen MR) is 123 cm³/mol. The Morgan fingerprint density at radius 2 is 2.10 bits per heavy atom. The van der Waals surface area contributed by atoms with Crippen LogP contribution >= 0.6 is 11.3 Å². The molecule has 0 unspecified atom stereocenters. The highest BCUT2D eigenvalue weighted by atomic mass is 32.1. The van der Waals surface area contributed by atoms with Gasteiger partial charge in [0.25, 0.3) is 0 Å². The van der Waals surface area contributed by atoms with E-state index >= 15 is 0 Å². The van der Waals surface area contributed by atoms with Gasteiger partial charge in [-0.15, -0.1) is 11.3 Å². The highest BCUT2D eigenvalue weighted by Crippen LogP contribution is 2.24. The number of anilines is 2. The number of para-hydroxylation sites is 1. The molecule has 1 amide bonds. The summed E-state index contributed by atoms with van der Waals surface area (Å²) in [6, 6.07) is 11.3. The van der Waals surface area contributed by atoms with Crippen LogP contribution in [0.1, 0.15) is 16.3 Å². The van der Waals surface area contributed by atoms with Crippen LogP contribution in [0.15, 0.2) is 54.1 Å². The van der Waals surface area contributed by atoms with Gasteiger partial charge in [-0.25, -0.2) is 9.97 Å². The van der Waals surface area contributed by atoms with E-state index in [-0.39, 0.29) is 5.91 Å². The van der Waals surface area contributed by atoms with Crippen molar-refractivity contribution in [3.63, 3.8) is 0 Å². The van der Waals surface area contributed by atoms with Crippen LogP contribution in [0.25, 0.3) is 6.08 Å². The third-order valence-electron chi connectivity index (χ3n) is 4.73. The van der Waals surface area contributed by atoms with Crippen LogP contribution in [0, 0.1) is 6.92 Å². The Morgan fingerprint density at radius 3 is 2.90 bits per heavy atom. The normalized spacial score (nSPS) is 14.0. The first-order chi connectivity index (χ1) is 15.2. The Kier molecular flexibility index (Phi) is 6.91. The van der Waals surface area contributed by atoms with E-state index in [4.69, 9.17) is 9.47 Å². The number of nitrogens with zero attached hydrogens (tertiary/aromatic N) is 3. The summed E-state index contributed by atoms with van der Waals surface area (Å²) in [5.41, 5.74) is 2.40. The molecule has 0 radical (unpaired) electrons. The van der Waals surface area contributed by atoms with Crippen LogP contribution in [-0.4, -0.2) is 42.2 Å². The van der Waals surface area contributed by atoms with Crippen molar-refractivity contribution in [1.29, 1.82) is 0 Å². The third kappa shape index (κ3) is 5.68. The molecule has 1 aliphatic heterocycles. The Bertz CT molecular complexity index is 1060. The fourth-order valence-corrected chi connectivity index (χ4v) is 3.83. The number of ether oxygens (including phenoxy) is 2. The minimum Gasteiger partial charge on any atom is -0.487 e. The molecule has 1 saturated heterocycles. The summed E-state index contributed by atoms with van der Waals surface area (Å²) in [6.45, 7) is 5.16. The fourth-order valence-electron chi connectivity index (χ4n) is 3.24. The van der Waals surface area contributed by atoms with Gasteiger partial charge in [-0.05, 0) is 31.2 Å². The molecule has 4 rings (SSSR count). The maximum Gasteiger partial charge on any atom is 0.248 e. The molecule has 2 aromatic heterocycles. The average Bonchev–Trinajstić information content (AvgIpc) is 3.23. The zero-order valence-electron chi connectivity index (χ0n) is 17.3. The molecule has 0 spiro atoms. The highest BCUT2D eigenvalue weighted by Gasteiger charge is 2.16. The topological polar surface area (TPSA) is 76.6 Å². The van der Waals surface area contributed by atoms with Gasteiger partial charge in [-0.3, -0.25) is 4.79 Å². The second-order valence-corrected chi connectivity index (χ2v) is 8.04. The lowest BCUT2D eigenvalue weighted by molar-refractivity contribution is -0.111. The molecule has 31 heavy (non-hydrogen) atoms. The van der Waals surface area contributed by atoms with Gasteiger partial charge < -0.3 is 19.7 Å². The van der Waals surface area contributed by atoms with E-state index in [2.05, 4.69) is 20.2 Å². The van der Waals surface area contributed by atoms with Crippen molar-refractivity contribution >= 4 is 34.8 Å². The van der Waals surface area contributed by atoms with Crippen LogP contribution in [0.4, 0.5) is 11.5 Å². The van der Waals surface area contributed by atoms with Gasteiger partial charge >= 0.3 is 0 Å². The van der Waals surface area contributed by atoms with Crippen molar-refractivity contribution in [1.82, 2.24) is 9.97 Å². The van der Waals surface area contributed by atoms with Crippen molar-refractivity contribution in [3.05, 3.63) is 70.3 Å². The lowest BCUT2D eigenvalue weighted by Crippen LogP contribution is -2.37. The predicted octanol–water partition coefficient (Wildman–Crippen LogP) is 3.91. The molecule has 1 fully saturated rings. The number of hydrogen-bond acceptors (Lipinski definition) is 7. The standard InChI is InChI=1S/C23H24N4O3S/c1-17-25-19(16-31-17)15-30-21-7-3-2-5-18(21)8-9-22(28)26-20-6-4-10-24-23(20)27-11-13-29-14-12-27/h2-10,16H,11-15H2,1H3,(H,26,28)/b9-8+. The maximum atomic E-state index is 12.6. The molecule has 0 bridgehead atoms. The maximum absolute atomic E-state index is 12.6. The number of aryl methyl sites for hydroxylation is 1. The number of pyridine rings is 1. The molecule has 0 aliphatic carbocycles. The number of carbonyl (C=O) groups is 1. The molecule has 0 atom stereocenters. The van der Waals surface area contributed by atoms with E-state index in [0.29, 0.717) is 31.3 Å². The van der Waals surface area contributed by atoms with E-state index in [1.165, 1.54) is 6.08 Å². The smallest absolute Gasteiger partial charge is 0.248 e. The zero-order chi connectivity index (χ0) is 21.5. The zero-order valence-corrected chi connectivity index (χ0v) is 18.1. The highest BCUT2D eigenvalue weighted by molar-refractivity contribution is 7.09. The number of nitrogens with one attached hydrogen (secondary N) is 1. The Morgan fingerprint density at radius 1 is 1.26 bits per heavy atom. The lowest BCUT2D eigenvalue weighted by Gasteiger charge is -2.29. The first-order valence-corrected chi connectivity index (χ1v) is 11.0. The summed E-state index contributed by atoms with van der Waals surface area (Å²) in [4.78, 5) is 23.6. The first kappa shape index (κ1) is 21.0. The summed E-state index contributed by atoms with van der Waals surface area (Å²) in [5.74, 6) is 1.23. The first-order valence-electron chi connectivity index (χ1n) is 10.1. The van der Waals surface area contributed by atoms with Crippen molar-refractivity contribution in [2.45, 2.75) is 13.5 Å². The van der Waals surface area contributed by atoms with Gasteiger partial charge in [0.2, 0.25) is 5.91 Å². The van der Waals surface area contributed by atoms with Gasteiger partial charge in [0.1, 0.15) is 12.4 Å². The quantitative estimate of drug-likeness (QED) is 0.566. The van der Waals surface area contributed by atoms with Crippen molar-refractivity contribution in [3.8, 4) is 5.75 Å². The summed E-state index contributed by atoms with van der Waals surface area (Å²) >= 11 is 1.60. The third-order valence-corrected chi connectivity index (χ3v) is 5.55. The van der Waals surface area contributed by atoms with E-state index in [0.717, 1.165) is 35.2 Å². The van der Waals surface area contributed by atoms with Crippen LogP contribution in [0.5, 0.6) is 5.75 Å². The molecule has 0 saturated carbocycles. The van der Waals surface area contributed by atoms with Crippen molar-refractivity contribution in [2.75, 3.05) is 36.5 Å². The lowest BCUT2D eigenvalue weighted by atomic mass is 10.2. The van der Waals surface area contributed by atoms with E-state index in [1.54, 1.807) is 23.6 Å². The van der Waals surface area contributed by atoms with E-state index < -0.39 is 0 Å². The second-order valence-electron chi connectivity index (χ2n) is 6.98. The Labute approximate surface area is 185 Å². The van der Waals surface area contributed by atoms with Crippen LogP contribution in [0.3, 0.4) is 0 Å². The number of amides is 1. The second kappa shape index (κ2) is 10.2. The average molecular weight is 437 g/mol. The molecule has 160 valence electrons. The van der Waals surface area contributed by atoms with Gasteiger partial charge in [-0.2, -0.15) is 0 Å². The van der Waals surface area contributed by atoms with Gasteiger partial charge in [0.15, 0.2) is 5.82 Å². The van der Waals surface area contributed by atoms with Gasteiger partial charge in [-0.1, -0.05) is 18.2 Å².